The average molecular weight is 422 g/mol. The molecule has 0 radical (unpaired) electrons. The zero-order valence-corrected chi connectivity index (χ0v) is 17.9. The van der Waals surface area contributed by atoms with E-state index in [9.17, 15) is 0 Å². The van der Waals surface area contributed by atoms with Crippen LogP contribution in [0.1, 0.15) is 11.3 Å². The molecule has 0 aliphatic heterocycles. The molecule has 5 aromatic rings. The number of hydrogen-bond donors (Lipinski definition) is 0. The first-order valence-corrected chi connectivity index (χ1v) is 10.4. The molecule has 0 bridgehead atoms. The van der Waals surface area contributed by atoms with Gasteiger partial charge in [-0.15, -0.1) is 0 Å². The first kappa shape index (κ1) is 19.8. The van der Waals surface area contributed by atoms with Crippen LogP contribution in [0.2, 0.25) is 0 Å². The van der Waals surface area contributed by atoms with Gasteiger partial charge in [-0.05, 0) is 36.8 Å². The second kappa shape index (κ2) is 8.55. The molecule has 32 heavy (non-hydrogen) atoms. The molecule has 158 valence electrons. The average Bonchev–Trinajstić information content (AvgIpc) is 2.83. The standard InChI is InChI=1S/C27H22N2O3/c1-18-25(14-20-10-6-7-11-22(20)29-18)32-24-12-13-28-23-16-26(30-2)27(15-21(23)24)31-17-19-8-4-3-5-9-19/h3-16H,17H2,1-2H3. The number of nitrogens with zero attached hydrogens (tertiary/aromatic N) is 2. The van der Waals surface area contributed by atoms with Crippen LogP contribution in [0.4, 0.5) is 0 Å². The van der Waals surface area contributed by atoms with Gasteiger partial charge in [-0.25, -0.2) is 4.98 Å². The van der Waals surface area contributed by atoms with Crippen molar-refractivity contribution in [3.05, 3.63) is 96.3 Å². The Morgan fingerprint density at radius 3 is 2.41 bits per heavy atom. The predicted octanol–water partition coefficient (Wildman–Crippen LogP) is 6.47. The van der Waals surface area contributed by atoms with Gasteiger partial charge in [0.25, 0.3) is 0 Å². The molecule has 0 atom stereocenters. The molecule has 0 amide bonds. The Morgan fingerprint density at radius 2 is 1.56 bits per heavy atom. The highest BCUT2D eigenvalue weighted by Crippen LogP contribution is 2.38. The van der Waals surface area contributed by atoms with Gasteiger partial charge in [-0.3, -0.25) is 4.98 Å². The van der Waals surface area contributed by atoms with E-state index in [2.05, 4.69) is 9.97 Å². The highest BCUT2D eigenvalue weighted by molar-refractivity contribution is 5.88. The van der Waals surface area contributed by atoms with Crippen LogP contribution in [0.25, 0.3) is 21.8 Å². The number of pyridine rings is 2. The first-order valence-electron chi connectivity index (χ1n) is 10.4. The number of hydrogen-bond acceptors (Lipinski definition) is 5. The minimum absolute atomic E-state index is 0.437. The predicted molar refractivity (Wildman–Crippen MR) is 126 cm³/mol. The van der Waals surface area contributed by atoms with E-state index < -0.39 is 0 Å². The molecule has 5 rings (SSSR count). The van der Waals surface area contributed by atoms with E-state index in [0.29, 0.717) is 29.6 Å². The lowest BCUT2D eigenvalue weighted by Crippen LogP contribution is -1.99. The van der Waals surface area contributed by atoms with Crippen LogP contribution in [0, 0.1) is 6.92 Å². The maximum atomic E-state index is 6.32. The number of aryl methyl sites for hydroxylation is 1. The maximum Gasteiger partial charge on any atom is 0.162 e. The van der Waals surface area contributed by atoms with Crippen molar-refractivity contribution >= 4 is 21.8 Å². The molecule has 0 fully saturated rings. The molecule has 5 heteroatoms. The van der Waals surface area contributed by atoms with Crippen LogP contribution in [-0.4, -0.2) is 17.1 Å². The summed E-state index contributed by atoms with van der Waals surface area (Å²) in [7, 11) is 1.63. The lowest BCUT2D eigenvalue weighted by Gasteiger charge is -2.15. The van der Waals surface area contributed by atoms with Crippen molar-refractivity contribution in [2.45, 2.75) is 13.5 Å². The Kier molecular flexibility index (Phi) is 5.30. The van der Waals surface area contributed by atoms with Crippen molar-refractivity contribution in [1.82, 2.24) is 9.97 Å². The maximum absolute atomic E-state index is 6.32. The number of fused-ring (bicyclic) bond motifs is 2. The molecule has 2 heterocycles. The molecule has 3 aromatic carbocycles. The molecular weight excluding hydrogens is 400 g/mol. The van der Waals surface area contributed by atoms with Gasteiger partial charge < -0.3 is 14.2 Å². The lowest BCUT2D eigenvalue weighted by molar-refractivity contribution is 0.285. The number of methoxy groups -OCH3 is 1. The quantitative estimate of drug-likeness (QED) is 0.314. The van der Waals surface area contributed by atoms with Gasteiger partial charge in [0.15, 0.2) is 11.5 Å². The van der Waals surface area contributed by atoms with E-state index in [4.69, 9.17) is 14.2 Å². The minimum atomic E-state index is 0.437. The Labute approximate surface area is 186 Å². The largest absolute Gasteiger partial charge is 0.493 e. The molecule has 5 nitrogen and oxygen atoms in total. The van der Waals surface area contributed by atoms with Gasteiger partial charge in [-0.1, -0.05) is 48.5 Å². The van der Waals surface area contributed by atoms with Crippen LogP contribution < -0.4 is 14.2 Å². The molecule has 0 saturated carbocycles. The van der Waals surface area contributed by atoms with Gasteiger partial charge >= 0.3 is 0 Å². The third kappa shape index (κ3) is 3.93. The van der Waals surface area contributed by atoms with Gasteiger partial charge in [0.2, 0.25) is 0 Å². The highest BCUT2D eigenvalue weighted by Gasteiger charge is 2.14. The van der Waals surface area contributed by atoms with Crippen molar-refractivity contribution < 1.29 is 14.2 Å². The number of ether oxygens (including phenoxy) is 3. The van der Waals surface area contributed by atoms with E-state index in [1.54, 1.807) is 13.3 Å². The second-order valence-electron chi connectivity index (χ2n) is 7.47. The van der Waals surface area contributed by atoms with E-state index in [1.165, 1.54) is 0 Å². The molecule has 0 unspecified atom stereocenters. The van der Waals surface area contributed by atoms with E-state index in [-0.39, 0.29) is 0 Å². The second-order valence-corrected chi connectivity index (χ2v) is 7.47. The highest BCUT2D eigenvalue weighted by atomic mass is 16.5. The molecular formula is C27H22N2O3. The fraction of sp³-hybridized carbons (Fsp3) is 0.111. The first-order chi connectivity index (χ1) is 15.7. The number of benzene rings is 3. The molecule has 0 N–H and O–H groups in total. The monoisotopic (exact) mass is 422 g/mol. The van der Waals surface area contributed by atoms with Crippen molar-refractivity contribution in [2.24, 2.45) is 0 Å². The molecule has 0 aliphatic rings. The van der Waals surface area contributed by atoms with Gasteiger partial charge in [0.05, 0.1) is 23.8 Å². The Balaban J connectivity index is 1.53. The minimum Gasteiger partial charge on any atom is -0.493 e. The third-order valence-corrected chi connectivity index (χ3v) is 5.31. The molecule has 0 saturated heterocycles. The summed E-state index contributed by atoms with van der Waals surface area (Å²) in [5.41, 5.74) is 3.61. The normalized spacial score (nSPS) is 10.9. The van der Waals surface area contributed by atoms with Crippen molar-refractivity contribution in [3.63, 3.8) is 0 Å². The molecule has 2 aromatic heterocycles. The number of aromatic nitrogens is 2. The van der Waals surface area contributed by atoms with Crippen molar-refractivity contribution in [3.8, 4) is 23.0 Å². The van der Waals surface area contributed by atoms with Crippen molar-refractivity contribution in [1.29, 1.82) is 0 Å². The van der Waals surface area contributed by atoms with Gasteiger partial charge in [-0.2, -0.15) is 0 Å². The smallest absolute Gasteiger partial charge is 0.162 e. The summed E-state index contributed by atoms with van der Waals surface area (Å²) in [5, 5.41) is 1.86. The van der Waals surface area contributed by atoms with Crippen LogP contribution in [-0.2, 0) is 6.61 Å². The van der Waals surface area contributed by atoms with E-state index >= 15 is 0 Å². The zero-order valence-electron chi connectivity index (χ0n) is 17.9. The fourth-order valence-electron chi connectivity index (χ4n) is 3.64. The summed E-state index contributed by atoms with van der Waals surface area (Å²) >= 11 is 0. The lowest BCUT2D eigenvalue weighted by atomic mass is 10.1. The zero-order chi connectivity index (χ0) is 21.9. The topological polar surface area (TPSA) is 53.5 Å². The SMILES string of the molecule is COc1cc2nccc(Oc3cc4ccccc4nc3C)c2cc1OCc1ccccc1. The summed E-state index contributed by atoms with van der Waals surface area (Å²) in [5.74, 6) is 2.65. The van der Waals surface area contributed by atoms with Crippen molar-refractivity contribution in [2.75, 3.05) is 7.11 Å². The summed E-state index contributed by atoms with van der Waals surface area (Å²) < 4.78 is 18.0. The Morgan fingerprint density at radius 1 is 0.750 bits per heavy atom. The van der Waals surface area contributed by atoms with Crippen LogP contribution in [0.3, 0.4) is 0 Å². The van der Waals surface area contributed by atoms with Crippen LogP contribution >= 0.6 is 0 Å². The number of rotatable bonds is 6. The van der Waals surface area contributed by atoms with E-state index in [1.807, 2.05) is 85.8 Å². The number of para-hydroxylation sites is 1. The molecule has 0 aliphatic carbocycles. The third-order valence-electron chi connectivity index (χ3n) is 5.31. The summed E-state index contributed by atoms with van der Waals surface area (Å²) in [6.07, 6.45) is 1.73. The summed E-state index contributed by atoms with van der Waals surface area (Å²) in [6, 6.07) is 25.7. The molecule has 0 spiro atoms. The summed E-state index contributed by atoms with van der Waals surface area (Å²) in [4.78, 5) is 9.17. The van der Waals surface area contributed by atoms with Gasteiger partial charge in [0.1, 0.15) is 18.1 Å². The summed E-state index contributed by atoms with van der Waals surface area (Å²) in [6.45, 7) is 2.38. The van der Waals surface area contributed by atoms with Crippen LogP contribution in [0.15, 0.2) is 85.1 Å². The Hall–Kier alpha value is -4.12. The fourth-order valence-corrected chi connectivity index (χ4v) is 3.64. The van der Waals surface area contributed by atoms with Crippen LogP contribution in [0.5, 0.6) is 23.0 Å². The van der Waals surface area contributed by atoms with E-state index in [0.717, 1.165) is 33.1 Å². The van der Waals surface area contributed by atoms with Gasteiger partial charge in [0, 0.05) is 23.0 Å². The Bertz CT molecular complexity index is 1400.